The van der Waals surface area contributed by atoms with Crippen LogP contribution in [0.3, 0.4) is 0 Å². The molecule has 2 nitrogen and oxygen atoms in total. The molecule has 2 rings (SSSR count). The normalized spacial score (nSPS) is 24.0. The molecular formula is C12H11F3O2. The molecule has 0 spiro atoms. The quantitative estimate of drug-likeness (QED) is 0.590. The van der Waals surface area contributed by atoms with Crippen LogP contribution in [0.4, 0.5) is 13.2 Å². The Hall–Kier alpha value is -1.36. The number of hydrogen-bond acceptors (Lipinski definition) is 2. The summed E-state index contributed by atoms with van der Waals surface area (Å²) in [6.45, 7) is 2.22. The lowest BCUT2D eigenvalue weighted by atomic mass is 9.96. The molecule has 1 aromatic rings. The predicted octanol–water partition coefficient (Wildman–Crippen LogP) is 2.71. The molecule has 2 atom stereocenters. The molecule has 0 N–H and O–H groups in total. The van der Waals surface area contributed by atoms with Gasteiger partial charge < -0.3 is 4.74 Å². The zero-order valence-electron chi connectivity index (χ0n) is 9.17. The second kappa shape index (κ2) is 4.49. The van der Waals surface area contributed by atoms with Crippen LogP contribution in [0.15, 0.2) is 12.1 Å². The first-order chi connectivity index (χ1) is 8.00. The molecule has 0 amide bonds. The molecule has 0 radical (unpaired) electrons. The first-order valence-electron chi connectivity index (χ1n) is 5.31. The second-order valence-corrected chi connectivity index (χ2v) is 4.17. The summed E-state index contributed by atoms with van der Waals surface area (Å²) in [5.41, 5.74) is -0.456. The van der Waals surface area contributed by atoms with Gasteiger partial charge in [-0.15, -0.1) is 0 Å². The Bertz CT molecular complexity index is 459. The van der Waals surface area contributed by atoms with E-state index in [1.807, 2.05) is 0 Å². The van der Waals surface area contributed by atoms with E-state index in [1.165, 1.54) is 0 Å². The first-order valence-corrected chi connectivity index (χ1v) is 5.31. The number of ketones is 1. The lowest BCUT2D eigenvalue weighted by molar-refractivity contribution is 0.0574. The number of carbonyl (C=O) groups excluding carboxylic acids is 1. The molecule has 92 valence electrons. The van der Waals surface area contributed by atoms with Gasteiger partial charge in [-0.2, -0.15) is 0 Å². The highest BCUT2D eigenvalue weighted by atomic mass is 19.2. The molecule has 0 aliphatic carbocycles. The van der Waals surface area contributed by atoms with E-state index >= 15 is 0 Å². The highest BCUT2D eigenvalue weighted by molar-refractivity contribution is 6.00. The SMILES string of the molecule is CC1CCOC1C(=O)c1cc(F)c(F)cc1F. The maximum Gasteiger partial charge on any atom is 0.194 e. The monoisotopic (exact) mass is 244 g/mol. The second-order valence-electron chi connectivity index (χ2n) is 4.17. The molecule has 1 aromatic carbocycles. The van der Waals surface area contributed by atoms with Crippen LogP contribution in [0.5, 0.6) is 0 Å². The van der Waals surface area contributed by atoms with Crippen molar-refractivity contribution in [3.63, 3.8) is 0 Å². The first kappa shape index (κ1) is 12.1. The molecule has 1 saturated heterocycles. The van der Waals surface area contributed by atoms with Gasteiger partial charge in [0.15, 0.2) is 17.4 Å². The molecule has 1 heterocycles. The molecule has 1 aliphatic rings. The Balaban J connectivity index is 2.34. The summed E-state index contributed by atoms with van der Waals surface area (Å²) in [7, 11) is 0. The van der Waals surface area contributed by atoms with Crippen molar-refractivity contribution in [2.24, 2.45) is 5.92 Å². The van der Waals surface area contributed by atoms with Crippen molar-refractivity contribution in [2.75, 3.05) is 6.61 Å². The summed E-state index contributed by atoms with van der Waals surface area (Å²) in [6.07, 6.45) is -0.0730. The van der Waals surface area contributed by atoms with E-state index < -0.39 is 34.9 Å². The molecule has 1 aliphatic heterocycles. The number of rotatable bonds is 2. The van der Waals surface area contributed by atoms with Crippen LogP contribution in [-0.4, -0.2) is 18.5 Å². The fraction of sp³-hybridized carbons (Fsp3) is 0.417. The van der Waals surface area contributed by atoms with Crippen LogP contribution in [-0.2, 0) is 4.74 Å². The molecule has 17 heavy (non-hydrogen) atoms. The summed E-state index contributed by atoms with van der Waals surface area (Å²) in [4.78, 5) is 11.9. The van der Waals surface area contributed by atoms with Gasteiger partial charge in [0.1, 0.15) is 11.9 Å². The number of hydrogen-bond donors (Lipinski definition) is 0. The van der Waals surface area contributed by atoms with E-state index in [9.17, 15) is 18.0 Å². The number of benzene rings is 1. The molecular weight excluding hydrogens is 233 g/mol. The molecule has 1 fully saturated rings. The van der Waals surface area contributed by atoms with E-state index in [2.05, 4.69) is 0 Å². The van der Waals surface area contributed by atoms with Crippen LogP contribution < -0.4 is 0 Å². The highest BCUT2D eigenvalue weighted by Crippen LogP contribution is 2.25. The van der Waals surface area contributed by atoms with Gasteiger partial charge in [-0.05, 0) is 18.4 Å². The van der Waals surface area contributed by atoms with Gasteiger partial charge in [0.2, 0.25) is 0 Å². The number of halogens is 3. The van der Waals surface area contributed by atoms with Crippen LogP contribution >= 0.6 is 0 Å². The van der Waals surface area contributed by atoms with Crippen LogP contribution in [0.1, 0.15) is 23.7 Å². The van der Waals surface area contributed by atoms with Crippen molar-refractivity contribution < 1.29 is 22.7 Å². The highest BCUT2D eigenvalue weighted by Gasteiger charge is 2.33. The smallest absolute Gasteiger partial charge is 0.194 e. The average molecular weight is 244 g/mol. The Labute approximate surface area is 96.4 Å². The largest absolute Gasteiger partial charge is 0.370 e. The predicted molar refractivity (Wildman–Crippen MR) is 54.2 cm³/mol. The third-order valence-corrected chi connectivity index (χ3v) is 2.92. The number of Topliss-reactive ketones (excluding diaryl/α,β-unsaturated/α-hetero) is 1. The lowest BCUT2D eigenvalue weighted by Gasteiger charge is -2.13. The molecule has 0 bridgehead atoms. The van der Waals surface area contributed by atoms with Gasteiger partial charge in [-0.3, -0.25) is 4.79 Å². The van der Waals surface area contributed by atoms with Crippen LogP contribution in [0, 0.1) is 23.4 Å². The fourth-order valence-electron chi connectivity index (χ4n) is 1.90. The maximum atomic E-state index is 13.4. The van der Waals surface area contributed by atoms with Crippen molar-refractivity contribution in [3.8, 4) is 0 Å². The Morgan fingerprint density at radius 3 is 2.47 bits per heavy atom. The van der Waals surface area contributed by atoms with E-state index in [-0.39, 0.29) is 5.92 Å². The molecule has 0 aromatic heterocycles. The number of carbonyl (C=O) groups is 1. The van der Waals surface area contributed by atoms with E-state index in [4.69, 9.17) is 4.74 Å². The van der Waals surface area contributed by atoms with Crippen LogP contribution in [0.2, 0.25) is 0 Å². The van der Waals surface area contributed by atoms with Gasteiger partial charge in [0, 0.05) is 12.7 Å². The third-order valence-electron chi connectivity index (χ3n) is 2.92. The van der Waals surface area contributed by atoms with Crippen molar-refractivity contribution in [2.45, 2.75) is 19.4 Å². The molecule has 0 saturated carbocycles. The van der Waals surface area contributed by atoms with Crippen molar-refractivity contribution in [1.29, 1.82) is 0 Å². The third kappa shape index (κ3) is 2.20. The van der Waals surface area contributed by atoms with Crippen molar-refractivity contribution >= 4 is 5.78 Å². The average Bonchev–Trinajstić information content (AvgIpc) is 2.69. The summed E-state index contributed by atoms with van der Waals surface area (Å²) in [5.74, 6) is -4.28. The van der Waals surface area contributed by atoms with E-state index in [1.54, 1.807) is 6.92 Å². The lowest BCUT2D eigenvalue weighted by Crippen LogP contribution is -2.26. The molecule has 5 heteroatoms. The summed E-state index contributed by atoms with van der Waals surface area (Å²) < 4.78 is 44.2. The van der Waals surface area contributed by atoms with Crippen LogP contribution in [0.25, 0.3) is 0 Å². The minimum Gasteiger partial charge on any atom is -0.370 e. The van der Waals surface area contributed by atoms with Gasteiger partial charge in [-0.1, -0.05) is 6.92 Å². The minimum absolute atomic E-state index is 0.0463. The zero-order valence-corrected chi connectivity index (χ0v) is 9.17. The van der Waals surface area contributed by atoms with Gasteiger partial charge in [0.25, 0.3) is 0 Å². The van der Waals surface area contributed by atoms with Gasteiger partial charge in [-0.25, -0.2) is 13.2 Å². The Morgan fingerprint density at radius 2 is 1.88 bits per heavy atom. The maximum absolute atomic E-state index is 13.4. The summed E-state index contributed by atoms with van der Waals surface area (Å²) in [6, 6.07) is 0.962. The standard InChI is InChI=1S/C12H11F3O2/c1-6-2-3-17-12(6)11(16)7-4-9(14)10(15)5-8(7)13/h4-6,12H,2-3H2,1H3. The summed E-state index contributed by atoms with van der Waals surface area (Å²) in [5, 5.41) is 0. The molecule has 2 unspecified atom stereocenters. The minimum atomic E-state index is -1.31. The topological polar surface area (TPSA) is 26.3 Å². The Kier molecular flexibility index (Phi) is 3.19. The van der Waals surface area contributed by atoms with Gasteiger partial charge >= 0.3 is 0 Å². The fourth-order valence-corrected chi connectivity index (χ4v) is 1.90. The Morgan fingerprint density at radius 1 is 1.24 bits per heavy atom. The zero-order chi connectivity index (χ0) is 12.6. The van der Waals surface area contributed by atoms with Crippen molar-refractivity contribution in [3.05, 3.63) is 35.1 Å². The van der Waals surface area contributed by atoms with E-state index in [0.29, 0.717) is 25.2 Å². The van der Waals surface area contributed by atoms with E-state index in [0.717, 1.165) is 0 Å². The van der Waals surface area contributed by atoms with Gasteiger partial charge in [0.05, 0.1) is 5.56 Å². The summed E-state index contributed by atoms with van der Waals surface area (Å²) >= 11 is 0. The number of ether oxygens (including phenoxy) is 1. The van der Waals surface area contributed by atoms with Crippen molar-refractivity contribution in [1.82, 2.24) is 0 Å².